The number of aromatic nitrogens is 1. The molecule has 0 bridgehead atoms. The molecule has 1 atom stereocenters. The molecule has 1 aromatic rings. The number of carbonyl (C=O) groups excluding carboxylic acids is 2. The molecule has 6 nitrogen and oxygen atoms in total. The van der Waals surface area contributed by atoms with Crippen LogP contribution in [0.1, 0.15) is 12.0 Å². The molecule has 6 heteroatoms. The van der Waals surface area contributed by atoms with Crippen molar-refractivity contribution in [3.8, 4) is 5.88 Å². The van der Waals surface area contributed by atoms with Crippen LogP contribution >= 0.6 is 0 Å². The van der Waals surface area contributed by atoms with Gasteiger partial charge in [0.2, 0.25) is 17.7 Å². The van der Waals surface area contributed by atoms with Crippen LogP contribution in [0.25, 0.3) is 0 Å². The summed E-state index contributed by atoms with van der Waals surface area (Å²) in [4.78, 5) is 28.4. The highest BCUT2D eigenvalue weighted by molar-refractivity contribution is 5.88. The Morgan fingerprint density at radius 3 is 3.06 bits per heavy atom. The molecule has 1 fully saturated rings. The average molecular weight is 249 g/mol. The molecule has 0 aromatic carbocycles. The molecule has 1 unspecified atom stereocenters. The second-order valence-electron chi connectivity index (χ2n) is 4.28. The molecule has 96 valence electrons. The Balaban J connectivity index is 2.05. The van der Waals surface area contributed by atoms with E-state index < -0.39 is 5.91 Å². The number of primary amides is 1. The van der Waals surface area contributed by atoms with Gasteiger partial charge in [0.05, 0.1) is 13.0 Å². The van der Waals surface area contributed by atoms with E-state index in [4.69, 9.17) is 10.5 Å². The van der Waals surface area contributed by atoms with Gasteiger partial charge in [-0.3, -0.25) is 9.59 Å². The van der Waals surface area contributed by atoms with E-state index >= 15 is 0 Å². The molecule has 2 heterocycles. The van der Waals surface area contributed by atoms with Gasteiger partial charge < -0.3 is 15.4 Å². The van der Waals surface area contributed by atoms with Crippen LogP contribution in [0, 0.1) is 5.92 Å². The Morgan fingerprint density at radius 2 is 2.44 bits per heavy atom. The highest BCUT2D eigenvalue weighted by atomic mass is 16.5. The van der Waals surface area contributed by atoms with Gasteiger partial charge in [-0.2, -0.15) is 0 Å². The molecule has 0 aliphatic carbocycles. The Morgan fingerprint density at radius 1 is 1.67 bits per heavy atom. The van der Waals surface area contributed by atoms with Gasteiger partial charge in [0, 0.05) is 31.8 Å². The van der Waals surface area contributed by atoms with E-state index in [1.54, 1.807) is 17.2 Å². The van der Waals surface area contributed by atoms with Crippen molar-refractivity contribution in [1.29, 1.82) is 0 Å². The molecule has 2 amide bonds. The smallest absolute Gasteiger partial charge is 0.223 e. The van der Waals surface area contributed by atoms with Gasteiger partial charge in [0.25, 0.3) is 0 Å². The van der Waals surface area contributed by atoms with Crippen molar-refractivity contribution >= 4 is 11.8 Å². The minimum Gasteiger partial charge on any atom is -0.481 e. The maximum absolute atomic E-state index is 11.7. The monoisotopic (exact) mass is 249 g/mol. The van der Waals surface area contributed by atoms with Crippen LogP contribution in [0.15, 0.2) is 18.3 Å². The van der Waals surface area contributed by atoms with Gasteiger partial charge in [-0.1, -0.05) is 0 Å². The van der Waals surface area contributed by atoms with E-state index in [0.717, 1.165) is 5.56 Å². The molecule has 0 radical (unpaired) electrons. The first-order chi connectivity index (χ1) is 8.60. The summed E-state index contributed by atoms with van der Waals surface area (Å²) < 4.78 is 5.02. The Labute approximate surface area is 105 Å². The average Bonchev–Trinajstić information content (AvgIpc) is 2.71. The van der Waals surface area contributed by atoms with Gasteiger partial charge in [-0.25, -0.2) is 4.98 Å². The van der Waals surface area contributed by atoms with E-state index in [1.807, 2.05) is 6.07 Å². The maximum Gasteiger partial charge on any atom is 0.223 e. The van der Waals surface area contributed by atoms with Crippen molar-refractivity contribution in [2.75, 3.05) is 13.7 Å². The first-order valence-corrected chi connectivity index (χ1v) is 5.66. The number of hydrogen-bond donors (Lipinski definition) is 1. The van der Waals surface area contributed by atoms with Crippen LogP contribution in [-0.4, -0.2) is 35.4 Å². The number of rotatable bonds is 4. The van der Waals surface area contributed by atoms with E-state index in [-0.39, 0.29) is 18.2 Å². The van der Waals surface area contributed by atoms with Crippen molar-refractivity contribution in [2.45, 2.75) is 13.0 Å². The van der Waals surface area contributed by atoms with Crippen molar-refractivity contribution in [2.24, 2.45) is 11.7 Å². The summed E-state index contributed by atoms with van der Waals surface area (Å²) in [5.41, 5.74) is 6.13. The summed E-state index contributed by atoms with van der Waals surface area (Å²) in [6.45, 7) is 0.834. The molecule has 0 spiro atoms. The number of hydrogen-bond acceptors (Lipinski definition) is 4. The number of amides is 2. The second-order valence-corrected chi connectivity index (χ2v) is 4.28. The summed E-state index contributed by atoms with van der Waals surface area (Å²) in [7, 11) is 1.54. The number of methoxy groups -OCH3 is 1. The van der Waals surface area contributed by atoms with Crippen molar-refractivity contribution < 1.29 is 14.3 Å². The third-order valence-electron chi connectivity index (χ3n) is 3.00. The topological polar surface area (TPSA) is 85.5 Å². The van der Waals surface area contributed by atoms with E-state index in [2.05, 4.69) is 4.98 Å². The third kappa shape index (κ3) is 2.58. The van der Waals surface area contributed by atoms with Crippen LogP contribution in [0.2, 0.25) is 0 Å². The number of carbonyl (C=O) groups is 2. The van der Waals surface area contributed by atoms with Crippen LogP contribution in [0.5, 0.6) is 5.88 Å². The van der Waals surface area contributed by atoms with E-state index in [9.17, 15) is 9.59 Å². The van der Waals surface area contributed by atoms with Crippen LogP contribution < -0.4 is 10.5 Å². The lowest BCUT2D eigenvalue weighted by molar-refractivity contribution is -0.128. The molecule has 18 heavy (non-hydrogen) atoms. The summed E-state index contributed by atoms with van der Waals surface area (Å²) in [6.07, 6.45) is 1.83. The number of pyridine rings is 1. The minimum absolute atomic E-state index is 0.0467. The molecule has 1 saturated heterocycles. The van der Waals surface area contributed by atoms with Crippen LogP contribution in [0.3, 0.4) is 0 Å². The van der Waals surface area contributed by atoms with E-state index in [0.29, 0.717) is 19.0 Å². The fourth-order valence-corrected chi connectivity index (χ4v) is 2.00. The number of nitrogens with two attached hydrogens (primary N) is 1. The SMILES string of the molecule is COc1cc(CN2CC(C(N)=O)CC2=O)ccn1. The zero-order valence-electron chi connectivity index (χ0n) is 10.1. The molecular weight excluding hydrogens is 234 g/mol. The third-order valence-corrected chi connectivity index (χ3v) is 3.00. The highest BCUT2D eigenvalue weighted by Crippen LogP contribution is 2.20. The zero-order chi connectivity index (χ0) is 13.1. The summed E-state index contributed by atoms with van der Waals surface area (Å²) in [6, 6.07) is 3.58. The lowest BCUT2D eigenvalue weighted by Gasteiger charge is -2.16. The lowest BCUT2D eigenvalue weighted by Crippen LogP contribution is -2.28. The lowest BCUT2D eigenvalue weighted by atomic mass is 10.1. The second kappa shape index (κ2) is 5.03. The van der Waals surface area contributed by atoms with Gasteiger partial charge in [-0.15, -0.1) is 0 Å². The fraction of sp³-hybridized carbons (Fsp3) is 0.417. The molecule has 0 saturated carbocycles. The van der Waals surface area contributed by atoms with Crippen LogP contribution in [-0.2, 0) is 16.1 Å². The standard InChI is InChI=1S/C12H15N3O3/c1-18-10-4-8(2-3-14-10)6-15-7-9(12(13)17)5-11(15)16/h2-4,9H,5-7H2,1H3,(H2,13,17). The Kier molecular flexibility index (Phi) is 3.45. The first-order valence-electron chi connectivity index (χ1n) is 5.66. The summed E-state index contributed by atoms with van der Waals surface area (Å²) >= 11 is 0. The molecule has 1 aliphatic rings. The summed E-state index contributed by atoms with van der Waals surface area (Å²) in [5, 5.41) is 0. The quantitative estimate of drug-likeness (QED) is 0.809. The zero-order valence-corrected chi connectivity index (χ0v) is 10.1. The molecule has 2 rings (SSSR count). The minimum atomic E-state index is -0.418. The normalized spacial score (nSPS) is 19.1. The van der Waals surface area contributed by atoms with Crippen LogP contribution in [0.4, 0.5) is 0 Å². The van der Waals surface area contributed by atoms with Crippen molar-refractivity contribution in [3.05, 3.63) is 23.9 Å². The van der Waals surface area contributed by atoms with Gasteiger partial charge in [0.1, 0.15) is 0 Å². The summed E-state index contributed by atoms with van der Waals surface area (Å²) in [5.74, 6) is -0.334. The largest absolute Gasteiger partial charge is 0.481 e. The predicted molar refractivity (Wildman–Crippen MR) is 63.5 cm³/mol. The van der Waals surface area contributed by atoms with Crippen molar-refractivity contribution in [3.63, 3.8) is 0 Å². The van der Waals surface area contributed by atoms with E-state index in [1.165, 1.54) is 7.11 Å². The fourth-order valence-electron chi connectivity index (χ4n) is 2.00. The molecule has 2 N–H and O–H groups in total. The highest BCUT2D eigenvalue weighted by Gasteiger charge is 2.32. The Bertz CT molecular complexity index is 475. The first kappa shape index (κ1) is 12.3. The van der Waals surface area contributed by atoms with Crippen molar-refractivity contribution in [1.82, 2.24) is 9.88 Å². The Hall–Kier alpha value is -2.11. The van der Waals surface area contributed by atoms with Gasteiger partial charge in [-0.05, 0) is 11.6 Å². The van der Waals surface area contributed by atoms with Gasteiger partial charge >= 0.3 is 0 Å². The molecule has 1 aliphatic heterocycles. The predicted octanol–water partition coefficient (Wildman–Crippen LogP) is -0.0760. The molecule has 1 aromatic heterocycles. The number of likely N-dealkylation sites (tertiary alicyclic amines) is 1. The van der Waals surface area contributed by atoms with Gasteiger partial charge in [0.15, 0.2) is 0 Å². The number of nitrogens with zero attached hydrogens (tertiary/aromatic N) is 2. The maximum atomic E-state index is 11.7. The number of ether oxygens (including phenoxy) is 1. The molecular formula is C12H15N3O3.